The zero-order valence-corrected chi connectivity index (χ0v) is 14.0. The molecule has 0 spiro atoms. The van der Waals surface area contributed by atoms with Crippen molar-refractivity contribution in [3.8, 4) is 0 Å². The van der Waals surface area contributed by atoms with E-state index >= 15 is 0 Å². The van der Waals surface area contributed by atoms with Crippen molar-refractivity contribution in [3.05, 3.63) is 28.8 Å². The van der Waals surface area contributed by atoms with Crippen molar-refractivity contribution in [2.24, 2.45) is 5.92 Å². The molecule has 0 bridgehead atoms. The Bertz CT molecular complexity index is 720. The topological polar surface area (TPSA) is 71.1 Å². The van der Waals surface area contributed by atoms with Crippen molar-refractivity contribution < 1.29 is 9.59 Å². The van der Waals surface area contributed by atoms with Crippen LogP contribution >= 0.6 is 11.3 Å². The Labute approximate surface area is 139 Å². The lowest BCUT2D eigenvalue weighted by Crippen LogP contribution is -2.42. The standard InChI is InChI=1S/C17H21N3O2S/c1-11-4-5-14-15(7-11)23-16(20-14)8-13(21)10-19-17(22)12-3-2-6-18-9-12/h4-5,7,12,18H,2-3,6,8-10H2,1H3,(H,19,22)/t12-/m0/s1. The summed E-state index contributed by atoms with van der Waals surface area (Å²) in [6.45, 7) is 3.81. The van der Waals surface area contributed by atoms with Gasteiger partial charge in [-0.15, -0.1) is 11.3 Å². The van der Waals surface area contributed by atoms with Crippen LogP contribution in [-0.4, -0.2) is 36.3 Å². The molecule has 2 heterocycles. The van der Waals surface area contributed by atoms with Gasteiger partial charge in [-0.05, 0) is 44.0 Å². The molecule has 1 fully saturated rings. The summed E-state index contributed by atoms with van der Waals surface area (Å²) in [5.41, 5.74) is 2.12. The zero-order valence-electron chi connectivity index (χ0n) is 13.2. The smallest absolute Gasteiger partial charge is 0.224 e. The number of carbonyl (C=O) groups is 2. The van der Waals surface area contributed by atoms with Crippen LogP contribution < -0.4 is 10.6 Å². The second-order valence-corrected chi connectivity index (χ2v) is 7.17. The molecule has 0 aliphatic carbocycles. The van der Waals surface area contributed by atoms with Crippen LogP contribution in [0.15, 0.2) is 18.2 Å². The highest BCUT2D eigenvalue weighted by Gasteiger charge is 2.21. The summed E-state index contributed by atoms with van der Waals surface area (Å²) < 4.78 is 1.10. The molecule has 1 aliphatic rings. The predicted molar refractivity (Wildman–Crippen MR) is 91.7 cm³/mol. The van der Waals surface area contributed by atoms with Gasteiger partial charge in [0.1, 0.15) is 5.01 Å². The highest BCUT2D eigenvalue weighted by molar-refractivity contribution is 7.18. The summed E-state index contributed by atoms with van der Waals surface area (Å²) in [5.74, 6) is -0.0367. The maximum absolute atomic E-state index is 12.1. The number of carbonyl (C=O) groups excluding carboxylic acids is 2. The summed E-state index contributed by atoms with van der Waals surface area (Å²) in [4.78, 5) is 28.6. The number of fused-ring (bicyclic) bond motifs is 1. The molecule has 122 valence electrons. The first kappa shape index (κ1) is 16.1. The van der Waals surface area contributed by atoms with Crippen LogP contribution in [0.1, 0.15) is 23.4 Å². The number of hydrogen-bond donors (Lipinski definition) is 2. The average molecular weight is 331 g/mol. The Balaban J connectivity index is 1.52. The molecule has 6 heteroatoms. The molecule has 1 saturated heterocycles. The zero-order chi connectivity index (χ0) is 16.2. The number of nitrogens with zero attached hydrogens (tertiary/aromatic N) is 1. The number of Topliss-reactive ketones (excluding diaryl/α,β-unsaturated/α-hetero) is 1. The summed E-state index contributed by atoms with van der Waals surface area (Å²) in [7, 11) is 0. The minimum absolute atomic E-state index is 0.00195. The fraction of sp³-hybridized carbons (Fsp3) is 0.471. The van der Waals surface area contributed by atoms with Crippen LogP contribution in [-0.2, 0) is 16.0 Å². The molecular formula is C17H21N3O2S. The van der Waals surface area contributed by atoms with Gasteiger partial charge in [-0.25, -0.2) is 4.98 Å². The van der Waals surface area contributed by atoms with Crippen LogP contribution in [0, 0.1) is 12.8 Å². The normalized spacial score (nSPS) is 18.0. The van der Waals surface area contributed by atoms with Crippen molar-refractivity contribution in [2.75, 3.05) is 19.6 Å². The van der Waals surface area contributed by atoms with Gasteiger partial charge in [0, 0.05) is 6.54 Å². The SMILES string of the molecule is Cc1ccc2nc(CC(=O)CNC(=O)[C@H]3CCCNC3)sc2c1. The van der Waals surface area contributed by atoms with Crippen LogP contribution in [0.4, 0.5) is 0 Å². The Kier molecular flexibility index (Phi) is 5.03. The first-order chi connectivity index (χ1) is 11.1. The number of aryl methyl sites for hydroxylation is 1. The van der Waals surface area contributed by atoms with Crippen molar-refractivity contribution in [1.29, 1.82) is 0 Å². The second kappa shape index (κ2) is 7.19. The number of ketones is 1. The largest absolute Gasteiger partial charge is 0.349 e. The number of aromatic nitrogens is 1. The molecule has 2 aromatic rings. The van der Waals surface area contributed by atoms with Gasteiger partial charge in [-0.3, -0.25) is 9.59 Å². The van der Waals surface area contributed by atoms with Crippen molar-refractivity contribution >= 4 is 33.2 Å². The third-order valence-electron chi connectivity index (χ3n) is 4.06. The molecule has 5 nitrogen and oxygen atoms in total. The molecule has 23 heavy (non-hydrogen) atoms. The highest BCUT2D eigenvalue weighted by Crippen LogP contribution is 2.23. The molecule has 0 unspecified atom stereocenters. The number of rotatable bonds is 5. The molecule has 1 atom stereocenters. The summed E-state index contributed by atoms with van der Waals surface area (Å²) in [6, 6.07) is 6.08. The summed E-state index contributed by atoms with van der Waals surface area (Å²) in [6.07, 6.45) is 2.18. The molecule has 1 aliphatic heterocycles. The number of nitrogens with one attached hydrogen (secondary N) is 2. The minimum atomic E-state index is -0.0227. The first-order valence-electron chi connectivity index (χ1n) is 7.98. The molecule has 3 rings (SSSR count). The van der Waals surface area contributed by atoms with Crippen molar-refractivity contribution in [1.82, 2.24) is 15.6 Å². The van der Waals surface area contributed by atoms with E-state index in [0.29, 0.717) is 6.54 Å². The fourth-order valence-corrected chi connectivity index (χ4v) is 3.89. The Morgan fingerprint density at radius 1 is 1.43 bits per heavy atom. The molecule has 0 saturated carbocycles. The number of hydrogen-bond acceptors (Lipinski definition) is 5. The van der Waals surface area contributed by atoms with E-state index in [9.17, 15) is 9.59 Å². The lowest BCUT2D eigenvalue weighted by molar-refractivity contribution is -0.128. The first-order valence-corrected chi connectivity index (χ1v) is 8.79. The number of thiazole rings is 1. The molecule has 0 radical (unpaired) electrons. The van der Waals surface area contributed by atoms with Gasteiger partial charge in [0.2, 0.25) is 5.91 Å². The highest BCUT2D eigenvalue weighted by atomic mass is 32.1. The van der Waals surface area contributed by atoms with E-state index < -0.39 is 0 Å². The van der Waals surface area contributed by atoms with Gasteiger partial charge in [-0.2, -0.15) is 0 Å². The van der Waals surface area contributed by atoms with E-state index in [1.165, 1.54) is 5.56 Å². The quantitative estimate of drug-likeness (QED) is 0.877. The third-order valence-corrected chi connectivity index (χ3v) is 5.08. The van der Waals surface area contributed by atoms with Crippen LogP contribution in [0.5, 0.6) is 0 Å². The minimum Gasteiger partial charge on any atom is -0.349 e. The van der Waals surface area contributed by atoms with E-state index in [1.54, 1.807) is 11.3 Å². The lowest BCUT2D eigenvalue weighted by Gasteiger charge is -2.21. The third kappa shape index (κ3) is 4.14. The van der Waals surface area contributed by atoms with Crippen LogP contribution in [0.25, 0.3) is 10.2 Å². The Morgan fingerprint density at radius 3 is 3.09 bits per heavy atom. The van der Waals surface area contributed by atoms with Gasteiger partial charge in [0.15, 0.2) is 5.78 Å². The second-order valence-electron chi connectivity index (χ2n) is 6.06. The molecule has 2 N–H and O–H groups in total. The number of piperidine rings is 1. The van der Waals surface area contributed by atoms with Crippen molar-refractivity contribution in [3.63, 3.8) is 0 Å². The van der Waals surface area contributed by atoms with E-state index in [2.05, 4.69) is 21.7 Å². The fourth-order valence-electron chi connectivity index (χ4n) is 2.79. The summed E-state index contributed by atoms with van der Waals surface area (Å²) in [5, 5.41) is 6.78. The van der Waals surface area contributed by atoms with Gasteiger partial charge >= 0.3 is 0 Å². The molecule has 1 aromatic carbocycles. The van der Waals surface area contributed by atoms with Gasteiger partial charge in [-0.1, -0.05) is 6.07 Å². The van der Waals surface area contributed by atoms with Crippen LogP contribution in [0.3, 0.4) is 0 Å². The van der Waals surface area contributed by atoms with E-state index in [0.717, 1.165) is 34.6 Å². The van der Waals surface area contributed by atoms with Gasteiger partial charge in [0.25, 0.3) is 0 Å². The molecular weight excluding hydrogens is 310 g/mol. The Morgan fingerprint density at radius 2 is 2.30 bits per heavy atom. The lowest BCUT2D eigenvalue weighted by atomic mass is 9.99. The van der Waals surface area contributed by atoms with Crippen LogP contribution in [0.2, 0.25) is 0 Å². The molecule has 1 aromatic heterocycles. The van der Waals surface area contributed by atoms with E-state index in [-0.39, 0.29) is 30.6 Å². The van der Waals surface area contributed by atoms with Gasteiger partial charge in [0.05, 0.1) is 29.1 Å². The predicted octanol–water partition coefficient (Wildman–Crippen LogP) is 1.83. The summed E-state index contributed by atoms with van der Waals surface area (Å²) >= 11 is 1.55. The number of benzene rings is 1. The number of amides is 1. The van der Waals surface area contributed by atoms with E-state index in [1.807, 2.05) is 19.1 Å². The Hall–Kier alpha value is -1.79. The average Bonchev–Trinajstić information content (AvgIpc) is 2.94. The maximum Gasteiger partial charge on any atom is 0.224 e. The maximum atomic E-state index is 12.1. The molecule has 1 amide bonds. The van der Waals surface area contributed by atoms with Crippen molar-refractivity contribution in [2.45, 2.75) is 26.2 Å². The van der Waals surface area contributed by atoms with E-state index in [4.69, 9.17) is 0 Å². The van der Waals surface area contributed by atoms with Gasteiger partial charge < -0.3 is 10.6 Å². The monoisotopic (exact) mass is 331 g/mol.